The second kappa shape index (κ2) is 11.5. The number of guanidine groups is 1. The van der Waals surface area contributed by atoms with Crippen LogP contribution in [0.25, 0.3) is 0 Å². The van der Waals surface area contributed by atoms with Crippen LogP contribution in [0.4, 0.5) is 5.69 Å². The lowest BCUT2D eigenvalue weighted by Gasteiger charge is -2.36. The largest absolute Gasteiger partial charge is 0.369 e. The van der Waals surface area contributed by atoms with Gasteiger partial charge in [-0.1, -0.05) is 12.1 Å². The third-order valence-electron chi connectivity index (χ3n) is 4.90. The smallest absolute Gasteiger partial charge is 0.243 e. The number of anilines is 1. The van der Waals surface area contributed by atoms with E-state index < -0.39 is 0 Å². The molecule has 1 fully saturated rings. The van der Waals surface area contributed by atoms with Gasteiger partial charge in [-0.2, -0.15) is 0 Å². The van der Waals surface area contributed by atoms with Gasteiger partial charge in [-0.3, -0.25) is 9.69 Å². The molecule has 1 aliphatic rings. The molecule has 0 aromatic heterocycles. The van der Waals surface area contributed by atoms with Crippen molar-refractivity contribution in [2.75, 3.05) is 71.4 Å². The van der Waals surface area contributed by atoms with Crippen molar-refractivity contribution in [1.82, 2.24) is 20.4 Å². The number of rotatable bonds is 8. The lowest BCUT2D eigenvalue weighted by atomic mass is 10.2. The average Bonchev–Trinajstić information content (AvgIpc) is 2.69. The molecule has 7 nitrogen and oxygen atoms in total. The molecule has 1 heterocycles. The fourth-order valence-corrected chi connectivity index (χ4v) is 3.19. The van der Waals surface area contributed by atoms with E-state index in [1.165, 1.54) is 11.3 Å². The van der Waals surface area contributed by atoms with E-state index in [0.717, 1.165) is 52.2 Å². The quantitative estimate of drug-likeness (QED) is 0.397. The number of piperazine rings is 1. The summed E-state index contributed by atoms with van der Waals surface area (Å²) in [5, 5.41) is 6.52. The minimum atomic E-state index is 0.00341. The fraction of sp³-hybridized carbons (Fsp3) is 0.619. The van der Waals surface area contributed by atoms with E-state index in [1.54, 1.807) is 19.0 Å². The van der Waals surface area contributed by atoms with Crippen molar-refractivity contribution < 1.29 is 4.79 Å². The van der Waals surface area contributed by atoms with Crippen molar-refractivity contribution in [2.45, 2.75) is 20.3 Å². The minimum Gasteiger partial charge on any atom is -0.369 e. The van der Waals surface area contributed by atoms with Gasteiger partial charge in [0, 0.05) is 59.1 Å². The summed E-state index contributed by atoms with van der Waals surface area (Å²) in [6, 6.07) is 8.75. The Balaban J connectivity index is 1.67. The van der Waals surface area contributed by atoms with E-state index in [1.807, 2.05) is 6.92 Å². The van der Waals surface area contributed by atoms with Gasteiger partial charge in [0.25, 0.3) is 0 Å². The predicted molar refractivity (Wildman–Crippen MR) is 117 cm³/mol. The summed E-state index contributed by atoms with van der Waals surface area (Å²) in [5.41, 5.74) is 2.65. The number of aryl methyl sites for hydroxylation is 1. The molecule has 28 heavy (non-hydrogen) atoms. The molecular weight excluding hydrogens is 352 g/mol. The van der Waals surface area contributed by atoms with Gasteiger partial charge in [-0.25, -0.2) is 4.99 Å². The van der Waals surface area contributed by atoms with Crippen LogP contribution >= 0.6 is 0 Å². The number of aliphatic imine (C=N–C) groups is 1. The number of benzene rings is 1. The topological polar surface area (TPSA) is 63.2 Å². The average molecular weight is 389 g/mol. The predicted octanol–water partition coefficient (Wildman–Crippen LogP) is 1.15. The number of nitrogens with one attached hydrogen (secondary N) is 2. The maximum atomic E-state index is 11.7. The molecule has 1 aromatic carbocycles. The first-order valence-electron chi connectivity index (χ1n) is 10.3. The van der Waals surface area contributed by atoms with Crippen molar-refractivity contribution in [1.29, 1.82) is 0 Å². The number of carbonyl (C=O) groups is 1. The highest BCUT2D eigenvalue weighted by molar-refractivity contribution is 5.84. The summed E-state index contributed by atoms with van der Waals surface area (Å²) in [6.07, 6.45) is 1.05. The van der Waals surface area contributed by atoms with Gasteiger partial charge >= 0.3 is 0 Å². The Morgan fingerprint density at radius 2 is 1.93 bits per heavy atom. The van der Waals surface area contributed by atoms with Gasteiger partial charge in [-0.15, -0.1) is 0 Å². The summed E-state index contributed by atoms with van der Waals surface area (Å²) >= 11 is 0. The van der Waals surface area contributed by atoms with E-state index in [2.05, 4.69) is 56.6 Å². The first-order chi connectivity index (χ1) is 13.5. The minimum absolute atomic E-state index is 0.00341. The summed E-state index contributed by atoms with van der Waals surface area (Å²) in [5.74, 6) is 0.714. The van der Waals surface area contributed by atoms with Crippen LogP contribution in [-0.4, -0.2) is 88.1 Å². The Kier molecular flexibility index (Phi) is 9.07. The number of carbonyl (C=O) groups excluding carboxylic acids is 1. The Morgan fingerprint density at radius 3 is 2.57 bits per heavy atom. The first-order valence-corrected chi connectivity index (χ1v) is 10.3. The normalized spacial score (nSPS) is 15.4. The standard InChI is InChI=1S/C21H36N6O/c1-5-22-21(24-17-20(28)25(3)4)23-10-7-11-26-12-14-27(15-13-26)19-9-6-8-18(2)16-19/h6,8-9,16H,5,7,10-15,17H2,1-4H3,(H2,22,23,24). The Labute approximate surface area is 169 Å². The Morgan fingerprint density at radius 1 is 1.18 bits per heavy atom. The highest BCUT2D eigenvalue weighted by atomic mass is 16.2. The van der Waals surface area contributed by atoms with Crippen molar-refractivity contribution in [3.63, 3.8) is 0 Å². The molecule has 0 atom stereocenters. The molecule has 156 valence electrons. The molecule has 0 saturated carbocycles. The van der Waals surface area contributed by atoms with Gasteiger partial charge in [0.2, 0.25) is 5.91 Å². The SMILES string of the molecule is CCNC(=NCC(=O)N(C)C)NCCCN1CCN(c2cccc(C)c2)CC1. The maximum absolute atomic E-state index is 11.7. The molecule has 0 unspecified atom stereocenters. The van der Waals surface area contributed by atoms with Crippen LogP contribution in [0.2, 0.25) is 0 Å². The fourth-order valence-electron chi connectivity index (χ4n) is 3.19. The van der Waals surface area contributed by atoms with E-state index in [4.69, 9.17) is 0 Å². The van der Waals surface area contributed by atoms with Gasteiger partial charge < -0.3 is 20.4 Å². The lowest BCUT2D eigenvalue weighted by Crippen LogP contribution is -2.47. The van der Waals surface area contributed by atoms with Crippen LogP contribution in [0.15, 0.2) is 29.3 Å². The lowest BCUT2D eigenvalue weighted by molar-refractivity contribution is -0.127. The molecule has 0 bridgehead atoms. The van der Waals surface area contributed by atoms with Crippen molar-refractivity contribution in [2.24, 2.45) is 4.99 Å². The van der Waals surface area contributed by atoms with Gasteiger partial charge in [-0.05, 0) is 44.5 Å². The molecule has 1 aliphatic heterocycles. The first kappa shape index (κ1) is 22.0. The molecule has 1 aromatic rings. The van der Waals surface area contributed by atoms with Gasteiger partial charge in [0.1, 0.15) is 6.54 Å². The molecule has 0 radical (unpaired) electrons. The number of amides is 1. The number of nitrogens with zero attached hydrogens (tertiary/aromatic N) is 4. The third kappa shape index (κ3) is 7.38. The van der Waals surface area contributed by atoms with Crippen molar-refractivity contribution in [3.05, 3.63) is 29.8 Å². The summed E-state index contributed by atoms with van der Waals surface area (Å²) in [7, 11) is 3.49. The molecule has 2 rings (SSSR count). The highest BCUT2D eigenvalue weighted by Gasteiger charge is 2.16. The van der Waals surface area contributed by atoms with Gasteiger partial charge in [0.05, 0.1) is 0 Å². The van der Waals surface area contributed by atoms with Gasteiger partial charge in [0.15, 0.2) is 5.96 Å². The second-order valence-electron chi connectivity index (χ2n) is 7.43. The second-order valence-corrected chi connectivity index (χ2v) is 7.43. The van der Waals surface area contributed by atoms with E-state index >= 15 is 0 Å². The molecule has 1 amide bonds. The summed E-state index contributed by atoms with van der Waals surface area (Å²) in [4.78, 5) is 22.6. The zero-order valence-corrected chi connectivity index (χ0v) is 17.9. The zero-order chi connectivity index (χ0) is 20.4. The van der Waals surface area contributed by atoms with Crippen LogP contribution in [-0.2, 0) is 4.79 Å². The Bertz CT molecular complexity index is 638. The summed E-state index contributed by atoms with van der Waals surface area (Å²) < 4.78 is 0. The van der Waals surface area contributed by atoms with Crippen LogP contribution in [0.1, 0.15) is 18.9 Å². The van der Waals surface area contributed by atoms with E-state index in [-0.39, 0.29) is 12.5 Å². The van der Waals surface area contributed by atoms with E-state index in [9.17, 15) is 4.79 Å². The monoisotopic (exact) mass is 388 g/mol. The van der Waals surface area contributed by atoms with Crippen LogP contribution in [0.5, 0.6) is 0 Å². The van der Waals surface area contributed by atoms with E-state index in [0.29, 0.717) is 5.96 Å². The summed E-state index contributed by atoms with van der Waals surface area (Å²) in [6.45, 7) is 11.4. The molecule has 2 N–H and O–H groups in total. The van der Waals surface area contributed by atoms with Crippen molar-refractivity contribution >= 4 is 17.6 Å². The molecule has 7 heteroatoms. The number of hydrogen-bond acceptors (Lipinski definition) is 4. The van der Waals surface area contributed by atoms with Crippen LogP contribution in [0, 0.1) is 6.92 Å². The molecule has 0 spiro atoms. The van der Waals surface area contributed by atoms with Crippen molar-refractivity contribution in [3.8, 4) is 0 Å². The number of likely N-dealkylation sites (N-methyl/N-ethyl adjacent to an activating group) is 1. The van der Waals surface area contributed by atoms with Crippen LogP contribution < -0.4 is 15.5 Å². The Hall–Kier alpha value is -2.28. The number of hydrogen-bond donors (Lipinski definition) is 2. The highest BCUT2D eigenvalue weighted by Crippen LogP contribution is 2.17. The molecule has 0 aliphatic carbocycles. The third-order valence-corrected chi connectivity index (χ3v) is 4.90. The maximum Gasteiger partial charge on any atom is 0.243 e. The molecular formula is C21H36N6O. The zero-order valence-electron chi connectivity index (χ0n) is 17.9. The van der Waals surface area contributed by atoms with Crippen LogP contribution in [0.3, 0.4) is 0 Å². The molecule has 1 saturated heterocycles.